The molecule has 1 aliphatic carbocycles. The number of H-pyrrole nitrogens is 1. The lowest BCUT2D eigenvalue weighted by Crippen LogP contribution is -2.41. The number of fused-ring (bicyclic) bond motifs is 3. The second kappa shape index (κ2) is 7.40. The molecule has 3 rings (SSSR count). The molecule has 2 aromatic heterocycles. The summed E-state index contributed by atoms with van der Waals surface area (Å²) in [5.41, 5.74) is 5.84. The fourth-order valence-corrected chi connectivity index (χ4v) is 4.53. The van der Waals surface area contributed by atoms with E-state index in [1.54, 1.807) is 0 Å². The Bertz CT molecular complexity index is 878. The summed E-state index contributed by atoms with van der Waals surface area (Å²) < 4.78 is 26.1. The first-order chi connectivity index (χ1) is 12.3. The van der Waals surface area contributed by atoms with Crippen LogP contribution < -0.4 is 16.6 Å². The molecule has 2 heterocycles. The molecular formula is C17H22F2N4O2S. The molecule has 1 amide bonds. The summed E-state index contributed by atoms with van der Waals surface area (Å²) in [6.45, 7) is 0.588. The van der Waals surface area contributed by atoms with Crippen molar-refractivity contribution in [3.8, 4) is 0 Å². The average molecular weight is 384 g/mol. The van der Waals surface area contributed by atoms with Gasteiger partial charge in [0, 0.05) is 17.7 Å². The zero-order valence-corrected chi connectivity index (χ0v) is 15.3. The first kappa shape index (κ1) is 18.9. The molecule has 4 N–H and O–H groups in total. The Labute approximate surface area is 153 Å². The van der Waals surface area contributed by atoms with Crippen LogP contribution in [0.25, 0.3) is 10.2 Å². The molecule has 0 aliphatic heterocycles. The Hall–Kier alpha value is -1.87. The smallest absolute Gasteiger partial charge is 0.277 e. The van der Waals surface area contributed by atoms with E-state index in [4.69, 9.17) is 5.73 Å². The third kappa shape index (κ3) is 4.09. The van der Waals surface area contributed by atoms with Crippen molar-refractivity contribution in [3.63, 3.8) is 0 Å². The fourth-order valence-electron chi connectivity index (χ4n) is 3.13. The highest BCUT2D eigenvalue weighted by Gasteiger charge is 2.27. The van der Waals surface area contributed by atoms with Gasteiger partial charge in [0.05, 0.1) is 18.5 Å². The van der Waals surface area contributed by atoms with E-state index in [2.05, 4.69) is 22.2 Å². The molecule has 0 spiro atoms. The van der Waals surface area contributed by atoms with Crippen molar-refractivity contribution in [1.29, 1.82) is 0 Å². The van der Waals surface area contributed by atoms with Crippen LogP contribution >= 0.6 is 11.3 Å². The largest absolute Gasteiger partial charge is 0.350 e. The fraction of sp³-hybridized carbons (Fsp3) is 0.588. The lowest BCUT2D eigenvalue weighted by Gasteiger charge is -2.17. The van der Waals surface area contributed by atoms with E-state index in [1.807, 2.05) is 0 Å². The number of nitrogens with one attached hydrogen (secondary N) is 2. The Morgan fingerprint density at radius 2 is 2.27 bits per heavy atom. The predicted octanol–water partition coefficient (Wildman–Crippen LogP) is 1.75. The van der Waals surface area contributed by atoms with Crippen LogP contribution in [0.1, 0.15) is 36.0 Å². The van der Waals surface area contributed by atoms with E-state index in [0.717, 1.165) is 24.8 Å². The number of aryl methyl sites for hydroxylation is 2. The number of aromatic amines is 1. The van der Waals surface area contributed by atoms with Crippen molar-refractivity contribution in [2.75, 3.05) is 13.1 Å². The summed E-state index contributed by atoms with van der Waals surface area (Å²) in [5.74, 6) is -2.64. The van der Waals surface area contributed by atoms with E-state index in [9.17, 15) is 18.4 Å². The zero-order valence-electron chi connectivity index (χ0n) is 14.5. The van der Waals surface area contributed by atoms with E-state index in [-0.39, 0.29) is 18.4 Å². The molecule has 0 saturated carbocycles. The van der Waals surface area contributed by atoms with Crippen molar-refractivity contribution < 1.29 is 13.6 Å². The van der Waals surface area contributed by atoms with Crippen LogP contribution in [-0.2, 0) is 24.1 Å². The molecule has 26 heavy (non-hydrogen) atoms. The van der Waals surface area contributed by atoms with Gasteiger partial charge in [-0.3, -0.25) is 9.59 Å². The van der Waals surface area contributed by atoms with Gasteiger partial charge < -0.3 is 16.0 Å². The minimum absolute atomic E-state index is 0.0305. The number of thiophene rings is 1. The van der Waals surface area contributed by atoms with Gasteiger partial charge in [-0.05, 0) is 30.7 Å². The van der Waals surface area contributed by atoms with Crippen LogP contribution in [0.15, 0.2) is 4.79 Å². The number of carbonyl (C=O) groups excluding carboxylic acids is 1. The summed E-state index contributed by atoms with van der Waals surface area (Å²) in [5, 5.41) is 2.81. The number of rotatable bonds is 6. The van der Waals surface area contributed by atoms with Gasteiger partial charge >= 0.3 is 0 Å². The van der Waals surface area contributed by atoms with Crippen molar-refractivity contribution in [2.24, 2.45) is 11.7 Å². The van der Waals surface area contributed by atoms with Gasteiger partial charge in [-0.15, -0.1) is 11.3 Å². The summed E-state index contributed by atoms with van der Waals surface area (Å²) in [7, 11) is 0. The van der Waals surface area contributed by atoms with Gasteiger partial charge in [-0.1, -0.05) is 6.92 Å². The predicted molar refractivity (Wildman–Crippen MR) is 96.8 cm³/mol. The number of halogens is 2. The van der Waals surface area contributed by atoms with Crippen LogP contribution in [0.2, 0.25) is 0 Å². The maximum atomic E-state index is 13.0. The highest BCUT2D eigenvalue weighted by atomic mass is 32.1. The monoisotopic (exact) mass is 384 g/mol. The van der Waals surface area contributed by atoms with Crippen LogP contribution in [0.4, 0.5) is 8.78 Å². The molecule has 0 bridgehead atoms. The second-order valence-corrected chi connectivity index (χ2v) is 7.96. The molecule has 0 saturated heterocycles. The molecule has 0 aromatic carbocycles. The lowest BCUT2D eigenvalue weighted by molar-refractivity contribution is -0.122. The van der Waals surface area contributed by atoms with Crippen LogP contribution in [0, 0.1) is 5.92 Å². The molecule has 6 nitrogen and oxygen atoms in total. The van der Waals surface area contributed by atoms with Gasteiger partial charge in [-0.2, -0.15) is 0 Å². The SMILES string of the molecule is CC1CCc2c(sc3nc(CCC(=O)NCC(F)(F)CN)[nH]c(=O)c23)C1. The first-order valence-electron chi connectivity index (χ1n) is 8.67. The van der Waals surface area contributed by atoms with Gasteiger partial charge in [-0.25, -0.2) is 13.8 Å². The normalized spacial score (nSPS) is 17.3. The van der Waals surface area contributed by atoms with Crippen molar-refractivity contribution in [2.45, 2.75) is 45.0 Å². The molecule has 1 atom stereocenters. The minimum Gasteiger partial charge on any atom is -0.350 e. The average Bonchev–Trinajstić information content (AvgIpc) is 2.96. The summed E-state index contributed by atoms with van der Waals surface area (Å²) in [6, 6.07) is 0. The van der Waals surface area contributed by atoms with Crippen molar-refractivity contribution in [3.05, 3.63) is 26.6 Å². The molecular weight excluding hydrogens is 362 g/mol. The third-order valence-corrected chi connectivity index (χ3v) is 5.79. The molecule has 1 unspecified atom stereocenters. The Kier molecular flexibility index (Phi) is 5.38. The van der Waals surface area contributed by atoms with E-state index < -0.39 is 24.9 Å². The van der Waals surface area contributed by atoms with Crippen LogP contribution in [0.5, 0.6) is 0 Å². The Morgan fingerprint density at radius 3 is 3.00 bits per heavy atom. The maximum absolute atomic E-state index is 13.0. The summed E-state index contributed by atoms with van der Waals surface area (Å²) >= 11 is 1.54. The molecule has 1 aliphatic rings. The number of carbonyl (C=O) groups is 1. The summed E-state index contributed by atoms with van der Waals surface area (Å²) in [4.78, 5) is 33.3. The highest BCUT2D eigenvalue weighted by Crippen LogP contribution is 2.35. The third-order valence-electron chi connectivity index (χ3n) is 4.65. The first-order valence-corrected chi connectivity index (χ1v) is 9.49. The van der Waals surface area contributed by atoms with Crippen molar-refractivity contribution >= 4 is 27.5 Å². The number of alkyl halides is 2. The Balaban J connectivity index is 1.70. The zero-order chi connectivity index (χ0) is 18.9. The second-order valence-electron chi connectivity index (χ2n) is 6.88. The van der Waals surface area contributed by atoms with Gasteiger partial charge in [0.2, 0.25) is 5.91 Å². The molecule has 9 heteroatoms. The van der Waals surface area contributed by atoms with Crippen LogP contribution in [-0.4, -0.2) is 34.9 Å². The standard InChI is InChI=1S/C17H22F2N4O2S/c1-9-2-3-10-11(6-9)26-16-14(10)15(25)22-12(23-16)4-5-13(24)21-8-17(18,19)7-20/h9H,2-8,20H2,1H3,(H,21,24)(H,22,23,25). The molecule has 0 fully saturated rings. The lowest BCUT2D eigenvalue weighted by atomic mass is 9.89. The van der Waals surface area contributed by atoms with E-state index in [1.165, 1.54) is 16.2 Å². The number of nitrogens with two attached hydrogens (primary N) is 1. The summed E-state index contributed by atoms with van der Waals surface area (Å²) in [6.07, 6.45) is 3.07. The van der Waals surface area contributed by atoms with Gasteiger partial charge in [0.15, 0.2) is 0 Å². The number of aromatic nitrogens is 2. The van der Waals surface area contributed by atoms with Gasteiger partial charge in [0.1, 0.15) is 10.7 Å². The number of amides is 1. The highest BCUT2D eigenvalue weighted by molar-refractivity contribution is 7.18. The topological polar surface area (TPSA) is 101 Å². The molecule has 142 valence electrons. The van der Waals surface area contributed by atoms with Gasteiger partial charge in [0.25, 0.3) is 11.5 Å². The Morgan fingerprint density at radius 1 is 1.50 bits per heavy atom. The minimum atomic E-state index is -3.12. The van der Waals surface area contributed by atoms with E-state index in [0.29, 0.717) is 22.0 Å². The molecule has 2 aromatic rings. The van der Waals surface area contributed by atoms with Crippen LogP contribution in [0.3, 0.4) is 0 Å². The molecule has 0 radical (unpaired) electrons. The number of hydrogen-bond acceptors (Lipinski definition) is 5. The number of nitrogens with zero attached hydrogens (tertiary/aromatic N) is 1. The van der Waals surface area contributed by atoms with Crippen molar-refractivity contribution in [1.82, 2.24) is 15.3 Å². The number of hydrogen-bond donors (Lipinski definition) is 3. The van der Waals surface area contributed by atoms with E-state index >= 15 is 0 Å². The maximum Gasteiger partial charge on any atom is 0.277 e. The quantitative estimate of drug-likeness (QED) is 0.706.